The van der Waals surface area contributed by atoms with E-state index in [0.717, 1.165) is 29.8 Å². The number of nitrogens with zero attached hydrogens (tertiary/aromatic N) is 3. The third kappa shape index (κ3) is 2.83. The van der Waals surface area contributed by atoms with E-state index in [4.69, 9.17) is 0 Å². The number of hydrazine groups is 1. The van der Waals surface area contributed by atoms with Crippen molar-refractivity contribution in [1.29, 1.82) is 0 Å². The van der Waals surface area contributed by atoms with Gasteiger partial charge in [0.1, 0.15) is 11.9 Å². The summed E-state index contributed by atoms with van der Waals surface area (Å²) in [5, 5.41) is 4.27. The van der Waals surface area contributed by atoms with E-state index >= 15 is 0 Å². The maximum atomic E-state index is 13.1. The Morgan fingerprint density at radius 2 is 2.04 bits per heavy atom. The zero-order valence-electron chi connectivity index (χ0n) is 14.4. The second kappa shape index (κ2) is 6.24. The molecule has 2 fully saturated rings. The van der Waals surface area contributed by atoms with Crippen LogP contribution in [-0.4, -0.2) is 33.2 Å². The SMILES string of the molecule is Cc1c(C2CC(C(=O)N3CCC3c3ccc(F)cc3)NN2)cnn1C. The molecule has 3 heterocycles. The Kier molecular flexibility index (Phi) is 4.05. The number of rotatable bonds is 3. The summed E-state index contributed by atoms with van der Waals surface area (Å²) >= 11 is 0. The second-order valence-electron chi connectivity index (χ2n) is 6.83. The summed E-state index contributed by atoms with van der Waals surface area (Å²) in [6, 6.07) is 6.30. The number of aromatic nitrogens is 2. The summed E-state index contributed by atoms with van der Waals surface area (Å²) in [6.07, 6.45) is 3.47. The first kappa shape index (κ1) is 16.2. The molecule has 7 heteroatoms. The van der Waals surface area contributed by atoms with Gasteiger partial charge in [-0.05, 0) is 37.5 Å². The molecule has 0 aliphatic carbocycles. The molecule has 25 heavy (non-hydrogen) atoms. The van der Waals surface area contributed by atoms with Crippen molar-refractivity contribution < 1.29 is 9.18 Å². The number of aryl methyl sites for hydroxylation is 1. The molecule has 1 aromatic heterocycles. The van der Waals surface area contributed by atoms with Crippen LogP contribution in [0, 0.1) is 12.7 Å². The first-order valence-electron chi connectivity index (χ1n) is 8.60. The van der Waals surface area contributed by atoms with Crippen LogP contribution in [0.4, 0.5) is 4.39 Å². The van der Waals surface area contributed by atoms with Crippen molar-refractivity contribution in [3.05, 3.63) is 53.1 Å². The predicted octanol–water partition coefficient (Wildman–Crippen LogP) is 1.75. The molecule has 1 aromatic carbocycles. The lowest BCUT2D eigenvalue weighted by Crippen LogP contribution is -2.52. The highest BCUT2D eigenvalue weighted by Gasteiger charge is 2.40. The molecule has 2 aromatic rings. The van der Waals surface area contributed by atoms with Crippen molar-refractivity contribution in [1.82, 2.24) is 25.5 Å². The van der Waals surface area contributed by atoms with Crippen molar-refractivity contribution in [3.63, 3.8) is 0 Å². The quantitative estimate of drug-likeness (QED) is 0.891. The summed E-state index contributed by atoms with van der Waals surface area (Å²) < 4.78 is 14.9. The Morgan fingerprint density at radius 1 is 1.28 bits per heavy atom. The van der Waals surface area contributed by atoms with Crippen molar-refractivity contribution in [2.75, 3.05) is 6.54 Å². The number of benzene rings is 1. The Labute approximate surface area is 146 Å². The fourth-order valence-electron chi connectivity index (χ4n) is 3.66. The minimum atomic E-state index is -0.257. The van der Waals surface area contributed by atoms with Gasteiger partial charge in [-0.1, -0.05) is 12.1 Å². The fraction of sp³-hybridized carbons (Fsp3) is 0.444. The van der Waals surface area contributed by atoms with Gasteiger partial charge in [-0.3, -0.25) is 9.48 Å². The van der Waals surface area contributed by atoms with Gasteiger partial charge in [0.15, 0.2) is 0 Å². The summed E-state index contributed by atoms with van der Waals surface area (Å²) in [4.78, 5) is 14.8. The van der Waals surface area contributed by atoms with Crippen molar-refractivity contribution in [2.24, 2.45) is 7.05 Å². The van der Waals surface area contributed by atoms with E-state index in [1.165, 1.54) is 12.1 Å². The minimum absolute atomic E-state index is 0.0501. The van der Waals surface area contributed by atoms with Crippen LogP contribution in [0.1, 0.15) is 41.7 Å². The number of hydrogen-bond donors (Lipinski definition) is 2. The molecule has 0 saturated carbocycles. The molecule has 6 nitrogen and oxygen atoms in total. The predicted molar refractivity (Wildman–Crippen MR) is 90.8 cm³/mol. The first-order valence-corrected chi connectivity index (χ1v) is 8.60. The molecule has 2 saturated heterocycles. The van der Waals surface area contributed by atoms with E-state index in [-0.39, 0.29) is 29.8 Å². The molecule has 2 N–H and O–H groups in total. The van der Waals surface area contributed by atoms with Crippen molar-refractivity contribution in [2.45, 2.75) is 37.9 Å². The summed E-state index contributed by atoms with van der Waals surface area (Å²) in [5.41, 5.74) is 9.56. The number of halogens is 1. The van der Waals surface area contributed by atoms with Crippen LogP contribution in [0.3, 0.4) is 0 Å². The average molecular weight is 343 g/mol. The number of carbonyl (C=O) groups is 1. The molecular weight excluding hydrogens is 321 g/mol. The van der Waals surface area contributed by atoms with Crippen molar-refractivity contribution >= 4 is 5.91 Å². The van der Waals surface area contributed by atoms with Gasteiger partial charge >= 0.3 is 0 Å². The van der Waals surface area contributed by atoms with Crippen LogP contribution in [-0.2, 0) is 11.8 Å². The zero-order valence-corrected chi connectivity index (χ0v) is 14.4. The van der Waals surface area contributed by atoms with Gasteiger partial charge in [0.05, 0.1) is 18.3 Å². The van der Waals surface area contributed by atoms with Crippen LogP contribution in [0.2, 0.25) is 0 Å². The van der Waals surface area contributed by atoms with Gasteiger partial charge < -0.3 is 4.90 Å². The highest BCUT2D eigenvalue weighted by molar-refractivity contribution is 5.83. The fourth-order valence-corrected chi connectivity index (χ4v) is 3.66. The Hall–Kier alpha value is -2.25. The molecule has 0 spiro atoms. The largest absolute Gasteiger partial charge is 0.334 e. The van der Waals surface area contributed by atoms with Crippen LogP contribution in [0.5, 0.6) is 0 Å². The first-order chi connectivity index (χ1) is 12.0. The molecule has 2 aliphatic heterocycles. The lowest BCUT2D eigenvalue weighted by molar-refractivity contribution is -0.141. The zero-order chi connectivity index (χ0) is 17.6. The highest BCUT2D eigenvalue weighted by Crippen LogP contribution is 2.35. The summed E-state index contributed by atoms with van der Waals surface area (Å²) in [5.74, 6) is -0.158. The number of likely N-dealkylation sites (tertiary alicyclic amines) is 1. The Balaban J connectivity index is 1.43. The van der Waals surface area contributed by atoms with Gasteiger partial charge in [-0.2, -0.15) is 5.10 Å². The van der Waals surface area contributed by atoms with Crippen LogP contribution >= 0.6 is 0 Å². The maximum Gasteiger partial charge on any atom is 0.241 e. The van der Waals surface area contributed by atoms with E-state index in [1.54, 1.807) is 12.1 Å². The second-order valence-corrected chi connectivity index (χ2v) is 6.83. The highest BCUT2D eigenvalue weighted by atomic mass is 19.1. The van der Waals surface area contributed by atoms with E-state index < -0.39 is 0 Å². The van der Waals surface area contributed by atoms with E-state index in [9.17, 15) is 9.18 Å². The van der Waals surface area contributed by atoms with Crippen LogP contribution in [0.15, 0.2) is 30.5 Å². The van der Waals surface area contributed by atoms with Crippen LogP contribution in [0.25, 0.3) is 0 Å². The molecule has 3 unspecified atom stereocenters. The standard InChI is InChI=1S/C18H22FN5O/c1-11-14(10-20-23(11)2)15-9-16(22-21-15)18(25)24-8-7-17(24)12-3-5-13(19)6-4-12/h3-6,10,15-17,21-22H,7-9H2,1-2H3. The van der Waals surface area contributed by atoms with Gasteiger partial charge in [0.2, 0.25) is 5.91 Å². The third-order valence-electron chi connectivity index (χ3n) is 5.41. The van der Waals surface area contributed by atoms with Gasteiger partial charge in [0.25, 0.3) is 0 Å². The molecule has 3 atom stereocenters. The molecular formula is C18H22FN5O. The smallest absolute Gasteiger partial charge is 0.241 e. The van der Waals surface area contributed by atoms with Gasteiger partial charge in [-0.25, -0.2) is 15.2 Å². The molecule has 132 valence electrons. The number of hydrogen-bond acceptors (Lipinski definition) is 4. The van der Waals surface area contributed by atoms with Crippen LogP contribution < -0.4 is 10.9 Å². The average Bonchev–Trinajstić information content (AvgIpc) is 3.16. The summed E-state index contributed by atoms with van der Waals surface area (Å²) in [7, 11) is 1.91. The molecule has 1 amide bonds. The monoisotopic (exact) mass is 343 g/mol. The Morgan fingerprint density at radius 3 is 2.64 bits per heavy atom. The number of carbonyl (C=O) groups excluding carboxylic acids is 1. The Bertz CT molecular complexity index is 787. The summed E-state index contributed by atoms with van der Waals surface area (Å²) in [6.45, 7) is 2.77. The van der Waals surface area contributed by atoms with Crippen molar-refractivity contribution in [3.8, 4) is 0 Å². The van der Waals surface area contributed by atoms with Gasteiger partial charge in [-0.15, -0.1) is 0 Å². The maximum absolute atomic E-state index is 13.1. The lowest BCUT2D eigenvalue weighted by Gasteiger charge is -2.42. The third-order valence-corrected chi connectivity index (χ3v) is 5.41. The van der Waals surface area contributed by atoms with E-state index in [2.05, 4.69) is 16.0 Å². The normalized spacial score (nSPS) is 25.9. The van der Waals surface area contributed by atoms with Gasteiger partial charge in [0, 0.05) is 24.8 Å². The minimum Gasteiger partial charge on any atom is -0.334 e. The molecule has 0 bridgehead atoms. The lowest BCUT2D eigenvalue weighted by atomic mass is 9.93. The topological polar surface area (TPSA) is 62.2 Å². The number of nitrogens with one attached hydrogen (secondary N) is 2. The molecule has 4 rings (SSSR count). The number of amides is 1. The molecule has 0 radical (unpaired) electrons. The van der Waals surface area contributed by atoms with E-state index in [1.807, 2.05) is 29.7 Å². The van der Waals surface area contributed by atoms with E-state index in [0.29, 0.717) is 6.42 Å². The molecule has 2 aliphatic rings.